The van der Waals surface area contributed by atoms with Crippen LogP contribution in [0, 0.1) is 0 Å². The summed E-state index contributed by atoms with van der Waals surface area (Å²) < 4.78 is 19.7. The fraction of sp³-hybridized carbons (Fsp3) is 0.333. The Kier molecular flexibility index (Phi) is 4.28. The molecule has 0 fully saturated rings. The van der Waals surface area contributed by atoms with Crippen LogP contribution < -0.4 is 4.74 Å². The predicted molar refractivity (Wildman–Crippen MR) is 49.6 cm³/mol. The third-order valence-electron chi connectivity index (χ3n) is 1.35. The molecule has 1 aromatic heterocycles. The minimum absolute atomic E-state index is 0.0296. The standard InChI is InChI=1S/C6H8ClN2O4P/c1-12-5-2-8-6(7)9-4(5)3-13-14(10)11/h2,14H,3H2,1H3,(H,10,11). The first-order valence-electron chi connectivity index (χ1n) is 3.54. The average Bonchev–Trinajstić information content (AvgIpc) is 2.15. The molecule has 1 heterocycles. The smallest absolute Gasteiger partial charge is 0.316 e. The van der Waals surface area contributed by atoms with Gasteiger partial charge in [-0.05, 0) is 11.6 Å². The summed E-state index contributed by atoms with van der Waals surface area (Å²) in [6.45, 7) is -0.139. The van der Waals surface area contributed by atoms with Crippen LogP contribution in [-0.4, -0.2) is 22.0 Å². The second-order valence-corrected chi connectivity index (χ2v) is 3.37. The molecule has 0 aliphatic rings. The van der Waals surface area contributed by atoms with Gasteiger partial charge in [0.1, 0.15) is 12.3 Å². The van der Waals surface area contributed by atoms with Crippen LogP contribution in [0.4, 0.5) is 0 Å². The van der Waals surface area contributed by atoms with Crippen LogP contribution in [0.25, 0.3) is 0 Å². The van der Waals surface area contributed by atoms with Gasteiger partial charge in [-0.3, -0.25) is 4.57 Å². The first kappa shape index (κ1) is 11.4. The molecule has 0 aliphatic carbocycles. The van der Waals surface area contributed by atoms with Crippen LogP contribution in [0.3, 0.4) is 0 Å². The maximum atomic E-state index is 10.3. The van der Waals surface area contributed by atoms with Gasteiger partial charge in [0.2, 0.25) is 5.28 Å². The van der Waals surface area contributed by atoms with Crippen molar-refractivity contribution in [1.29, 1.82) is 0 Å². The van der Waals surface area contributed by atoms with Crippen molar-refractivity contribution in [3.8, 4) is 5.75 Å². The fourth-order valence-corrected chi connectivity index (χ4v) is 1.20. The summed E-state index contributed by atoms with van der Waals surface area (Å²) in [6, 6.07) is 0. The summed E-state index contributed by atoms with van der Waals surface area (Å²) >= 11 is 5.52. The number of ether oxygens (including phenoxy) is 1. The highest BCUT2D eigenvalue weighted by Crippen LogP contribution is 2.22. The van der Waals surface area contributed by atoms with Gasteiger partial charge in [-0.25, -0.2) is 9.97 Å². The van der Waals surface area contributed by atoms with E-state index >= 15 is 0 Å². The molecule has 6 nitrogen and oxygen atoms in total. The molecule has 1 atom stereocenters. The van der Waals surface area contributed by atoms with E-state index in [4.69, 9.17) is 21.2 Å². The molecule has 0 radical (unpaired) electrons. The Morgan fingerprint density at radius 3 is 3.00 bits per heavy atom. The molecule has 1 rings (SSSR count). The van der Waals surface area contributed by atoms with Crippen molar-refractivity contribution < 1.29 is 18.7 Å². The third-order valence-corrected chi connectivity index (χ3v) is 1.93. The molecular formula is C6H8ClN2O4P. The van der Waals surface area contributed by atoms with Crippen molar-refractivity contribution in [1.82, 2.24) is 9.97 Å². The normalized spacial score (nSPS) is 12.5. The zero-order chi connectivity index (χ0) is 10.6. The van der Waals surface area contributed by atoms with Gasteiger partial charge in [0, 0.05) is 0 Å². The summed E-state index contributed by atoms with van der Waals surface area (Å²) in [5.41, 5.74) is 0.333. The predicted octanol–water partition coefficient (Wildman–Crippen LogP) is 1.04. The molecule has 0 saturated carbocycles. The second-order valence-electron chi connectivity index (χ2n) is 2.21. The molecule has 8 heteroatoms. The lowest BCUT2D eigenvalue weighted by Crippen LogP contribution is -1.98. The van der Waals surface area contributed by atoms with Crippen LogP contribution in [0.5, 0.6) is 5.75 Å². The van der Waals surface area contributed by atoms with Gasteiger partial charge in [-0.2, -0.15) is 0 Å². The molecule has 1 unspecified atom stereocenters. The van der Waals surface area contributed by atoms with Crippen molar-refractivity contribution in [2.75, 3.05) is 7.11 Å². The van der Waals surface area contributed by atoms with Crippen molar-refractivity contribution in [3.63, 3.8) is 0 Å². The molecule has 14 heavy (non-hydrogen) atoms. The molecule has 0 aliphatic heterocycles. The van der Waals surface area contributed by atoms with Gasteiger partial charge in [0.05, 0.1) is 13.3 Å². The Balaban J connectivity index is 2.82. The lowest BCUT2D eigenvalue weighted by Gasteiger charge is -2.05. The molecule has 1 aromatic rings. The number of hydrogen-bond donors (Lipinski definition) is 1. The highest BCUT2D eigenvalue weighted by molar-refractivity contribution is 7.32. The van der Waals surface area contributed by atoms with Gasteiger partial charge in [0.25, 0.3) is 0 Å². The van der Waals surface area contributed by atoms with Gasteiger partial charge < -0.3 is 14.2 Å². The minimum atomic E-state index is -2.98. The molecule has 1 N–H and O–H groups in total. The molecule has 0 spiro atoms. The topological polar surface area (TPSA) is 81.5 Å². The Labute approximate surface area is 85.8 Å². The van der Waals surface area contributed by atoms with E-state index < -0.39 is 8.25 Å². The van der Waals surface area contributed by atoms with E-state index in [1.165, 1.54) is 13.3 Å². The summed E-state index contributed by atoms with van der Waals surface area (Å²) in [7, 11) is -1.55. The van der Waals surface area contributed by atoms with E-state index in [1.807, 2.05) is 0 Å². The van der Waals surface area contributed by atoms with E-state index in [1.54, 1.807) is 0 Å². The third kappa shape index (κ3) is 3.23. The summed E-state index contributed by atoms with van der Waals surface area (Å²) in [4.78, 5) is 15.9. The van der Waals surface area contributed by atoms with Gasteiger partial charge in [0.15, 0.2) is 5.75 Å². The molecule has 0 amide bonds. The first-order chi connectivity index (χ1) is 6.63. The minimum Gasteiger partial charge on any atom is -0.493 e. The van der Waals surface area contributed by atoms with Crippen LogP contribution in [0.1, 0.15) is 5.69 Å². The Morgan fingerprint density at radius 1 is 1.71 bits per heavy atom. The van der Waals surface area contributed by atoms with E-state index in [2.05, 4.69) is 14.5 Å². The van der Waals surface area contributed by atoms with Crippen molar-refractivity contribution in [2.24, 2.45) is 0 Å². The van der Waals surface area contributed by atoms with Gasteiger partial charge >= 0.3 is 8.25 Å². The summed E-state index contributed by atoms with van der Waals surface area (Å²) in [5.74, 6) is 0.359. The van der Waals surface area contributed by atoms with Crippen LogP contribution >= 0.6 is 19.9 Å². The monoisotopic (exact) mass is 238 g/mol. The summed E-state index contributed by atoms with van der Waals surface area (Å²) in [5, 5.41) is 0.0296. The zero-order valence-electron chi connectivity index (χ0n) is 7.23. The highest BCUT2D eigenvalue weighted by Gasteiger charge is 2.07. The Bertz CT molecular complexity index is 349. The number of halogens is 1. The molecule has 0 bridgehead atoms. The van der Waals surface area contributed by atoms with E-state index in [9.17, 15) is 4.57 Å². The van der Waals surface area contributed by atoms with E-state index in [-0.39, 0.29) is 11.9 Å². The number of rotatable bonds is 4. The maximum absolute atomic E-state index is 10.3. The number of nitrogens with zero attached hydrogens (tertiary/aromatic N) is 2. The van der Waals surface area contributed by atoms with Gasteiger partial charge in [-0.15, -0.1) is 0 Å². The molecule has 0 aromatic carbocycles. The lowest BCUT2D eigenvalue weighted by atomic mass is 10.4. The lowest BCUT2D eigenvalue weighted by molar-refractivity contribution is 0.262. The first-order valence-corrected chi connectivity index (χ1v) is 5.18. The Morgan fingerprint density at radius 2 is 2.43 bits per heavy atom. The molecule has 78 valence electrons. The molecular weight excluding hydrogens is 231 g/mol. The van der Waals surface area contributed by atoms with E-state index in [0.29, 0.717) is 11.4 Å². The van der Waals surface area contributed by atoms with Crippen molar-refractivity contribution in [3.05, 3.63) is 17.2 Å². The van der Waals surface area contributed by atoms with Crippen LogP contribution in [0.15, 0.2) is 6.20 Å². The Hall–Kier alpha value is -0.680. The number of methoxy groups -OCH3 is 1. The SMILES string of the molecule is COc1cnc(Cl)nc1CO[PH](=O)O. The van der Waals surface area contributed by atoms with Crippen LogP contribution in [-0.2, 0) is 15.7 Å². The quantitative estimate of drug-likeness (QED) is 0.623. The van der Waals surface area contributed by atoms with Crippen molar-refractivity contribution >= 4 is 19.9 Å². The zero-order valence-corrected chi connectivity index (χ0v) is 8.98. The van der Waals surface area contributed by atoms with Crippen LogP contribution in [0.2, 0.25) is 5.28 Å². The van der Waals surface area contributed by atoms with Gasteiger partial charge in [-0.1, -0.05) is 0 Å². The summed E-state index contributed by atoms with van der Waals surface area (Å²) in [6.07, 6.45) is 1.36. The highest BCUT2D eigenvalue weighted by atomic mass is 35.5. The molecule has 0 saturated heterocycles. The average molecular weight is 239 g/mol. The number of hydrogen-bond acceptors (Lipinski definition) is 5. The van der Waals surface area contributed by atoms with E-state index in [0.717, 1.165) is 0 Å². The second kappa shape index (κ2) is 5.26. The number of aromatic nitrogens is 2. The van der Waals surface area contributed by atoms with Crippen molar-refractivity contribution in [2.45, 2.75) is 6.61 Å². The maximum Gasteiger partial charge on any atom is 0.316 e. The fourth-order valence-electron chi connectivity index (χ4n) is 0.786. The largest absolute Gasteiger partial charge is 0.493 e.